The second-order valence-electron chi connectivity index (χ2n) is 5.49. The summed E-state index contributed by atoms with van der Waals surface area (Å²) in [5.74, 6) is 1.01. The number of aryl methyl sites for hydroxylation is 2. The maximum atomic E-state index is 6.35. The molecule has 0 N–H and O–H groups in total. The normalized spacial score (nSPS) is 18.5. The van der Waals surface area contributed by atoms with Gasteiger partial charge in [0.15, 0.2) is 5.65 Å². The van der Waals surface area contributed by atoms with E-state index in [4.69, 9.17) is 16.6 Å². The van der Waals surface area contributed by atoms with Crippen molar-refractivity contribution in [1.82, 2.24) is 19.3 Å². The maximum Gasteiger partial charge on any atom is 0.158 e. The van der Waals surface area contributed by atoms with E-state index in [0.717, 1.165) is 29.1 Å². The van der Waals surface area contributed by atoms with Crippen molar-refractivity contribution < 1.29 is 0 Å². The standard InChI is InChI=1S/C14H21ClN4/c1-4-11-12-14(18(3)17-11)19(10-7-5-6-8-10)13(16-12)9(2)15/h9-10H,4-8H2,1-3H3. The zero-order valence-electron chi connectivity index (χ0n) is 11.9. The van der Waals surface area contributed by atoms with E-state index < -0.39 is 0 Å². The Morgan fingerprint density at radius 2 is 2.05 bits per heavy atom. The molecule has 0 radical (unpaired) electrons. The fraction of sp³-hybridized carbons (Fsp3) is 0.714. The topological polar surface area (TPSA) is 35.6 Å². The zero-order valence-corrected chi connectivity index (χ0v) is 12.6. The van der Waals surface area contributed by atoms with Gasteiger partial charge in [0.2, 0.25) is 0 Å². The lowest BCUT2D eigenvalue weighted by Crippen LogP contribution is -2.12. The van der Waals surface area contributed by atoms with Gasteiger partial charge in [-0.2, -0.15) is 5.10 Å². The zero-order chi connectivity index (χ0) is 13.6. The average Bonchev–Trinajstić information content (AvgIpc) is 3.04. The van der Waals surface area contributed by atoms with Gasteiger partial charge in [-0.25, -0.2) is 4.98 Å². The highest BCUT2D eigenvalue weighted by Gasteiger charge is 2.27. The molecule has 1 aliphatic rings. The van der Waals surface area contributed by atoms with Crippen LogP contribution in [0.2, 0.25) is 0 Å². The predicted molar refractivity (Wildman–Crippen MR) is 77.7 cm³/mol. The summed E-state index contributed by atoms with van der Waals surface area (Å²) in [7, 11) is 2.01. The van der Waals surface area contributed by atoms with Gasteiger partial charge >= 0.3 is 0 Å². The lowest BCUT2D eigenvalue weighted by molar-refractivity contribution is 0.499. The van der Waals surface area contributed by atoms with Crippen molar-refractivity contribution in [2.45, 2.75) is 57.4 Å². The Morgan fingerprint density at radius 1 is 1.37 bits per heavy atom. The predicted octanol–water partition coefficient (Wildman–Crippen LogP) is 3.75. The monoisotopic (exact) mass is 280 g/mol. The molecule has 104 valence electrons. The van der Waals surface area contributed by atoms with Gasteiger partial charge in [-0.1, -0.05) is 19.8 Å². The minimum atomic E-state index is -0.0577. The highest BCUT2D eigenvalue weighted by atomic mass is 35.5. The van der Waals surface area contributed by atoms with E-state index in [2.05, 4.69) is 16.6 Å². The molecular formula is C14H21ClN4. The number of aromatic nitrogens is 4. The van der Waals surface area contributed by atoms with Gasteiger partial charge in [-0.05, 0) is 26.2 Å². The fourth-order valence-corrected chi connectivity index (χ4v) is 3.41. The molecule has 1 fully saturated rings. The third kappa shape index (κ3) is 1.97. The van der Waals surface area contributed by atoms with Crippen LogP contribution >= 0.6 is 11.6 Å². The lowest BCUT2D eigenvalue weighted by atomic mass is 10.2. The van der Waals surface area contributed by atoms with Crippen LogP contribution in [0, 0.1) is 0 Å². The number of imidazole rings is 1. The summed E-state index contributed by atoms with van der Waals surface area (Å²) in [5.41, 5.74) is 3.26. The molecule has 0 bridgehead atoms. The molecule has 1 saturated carbocycles. The summed E-state index contributed by atoms with van der Waals surface area (Å²) < 4.78 is 4.33. The first-order valence-corrected chi connectivity index (χ1v) is 7.64. The van der Waals surface area contributed by atoms with E-state index in [1.54, 1.807) is 0 Å². The number of hydrogen-bond donors (Lipinski definition) is 0. The van der Waals surface area contributed by atoms with Crippen LogP contribution in [0.15, 0.2) is 0 Å². The van der Waals surface area contributed by atoms with E-state index in [9.17, 15) is 0 Å². The Labute approximate surface area is 118 Å². The summed E-state index contributed by atoms with van der Waals surface area (Å²) in [6, 6.07) is 0.543. The Hall–Kier alpha value is -1.03. The Bertz CT molecular complexity index is 590. The summed E-state index contributed by atoms with van der Waals surface area (Å²) >= 11 is 6.35. The first kappa shape index (κ1) is 13.0. The van der Waals surface area contributed by atoms with E-state index in [1.807, 2.05) is 18.7 Å². The number of halogens is 1. The molecular weight excluding hydrogens is 260 g/mol. The Kier molecular flexibility index (Phi) is 3.29. The van der Waals surface area contributed by atoms with Crippen LogP contribution in [-0.2, 0) is 13.5 Å². The molecule has 2 aromatic rings. The largest absolute Gasteiger partial charge is 0.309 e. The van der Waals surface area contributed by atoms with Gasteiger partial charge < -0.3 is 4.57 Å². The fourth-order valence-electron chi connectivity index (χ4n) is 3.26. The number of alkyl halides is 1. The van der Waals surface area contributed by atoms with Gasteiger partial charge in [0.1, 0.15) is 11.3 Å². The van der Waals surface area contributed by atoms with E-state index >= 15 is 0 Å². The van der Waals surface area contributed by atoms with Crippen LogP contribution < -0.4 is 0 Å². The summed E-state index contributed by atoms with van der Waals surface area (Å²) in [6.45, 7) is 4.13. The molecule has 1 atom stereocenters. The highest BCUT2D eigenvalue weighted by molar-refractivity contribution is 6.20. The van der Waals surface area contributed by atoms with E-state index in [0.29, 0.717) is 6.04 Å². The minimum absolute atomic E-state index is 0.0577. The van der Waals surface area contributed by atoms with Gasteiger partial charge in [0.05, 0.1) is 11.1 Å². The molecule has 3 rings (SSSR count). The molecule has 0 saturated heterocycles. The van der Waals surface area contributed by atoms with Crippen molar-refractivity contribution in [3.05, 3.63) is 11.5 Å². The van der Waals surface area contributed by atoms with Gasteiger partial charge in [0.25, 0.3) is 0 Å². The Balaban J connectivity index is 2.25. The van der Waals surface area contributed by atoms with E-state index in [1.165, 1.54) is 25.7 Å². The van der Waals surface area contributed by atoms with Crippen LogP contribution in [0.3, 0.4) is 0 Å². The Morgan fingerprint density at radius 3 is 2.63 bits per heavy atom. The third-order valence-corrected chi connectivity index (χ3v) is 4.34. The second-order valence-corrected chi connectivity index (χ2v) is 6.15. The van der Waals surface area contributed by atoms with Crippen molar-refractivity contribution in [2.75, 3.05) is 0 Å². The highest BCUT2D eigenvalue weighted by Crippen LogP contribution is 2.36. The smallest absolute Gasteiger partial charge is 0.158 e. The van der Waals surface area contributed by atoms with Gasteiger partial charge in [-0.3, -0.25) is 4.68 Å². The van der Waals surface area contributed by atoms with Crippen molar-refractivity contribution in [1.29, 1.82) is 0 Å². The lowest BCUT2D eigenvalue weighted by Gasteiger charge is -2.17. The van der Waals surface area contributed by atoms with Crippen molar-refractivity contribution in [2.24, 2.45) is 7.05 Å². The summed E-state index contributed by atoms with van der Waals surface area (Å²) in [4.78, 5) is 4.80. The van der Waals surface area contributed by atoms with Crippen LogP contribution in [0.4, 0.5) is 0 Å². The first-order valence-electron chi connectivity index (χ1n) is 7.21. The molecule has 0 aromatic carbocycles. The molecule has 0 spiro atoms. The summed E-state index contributed by atoms with van der Waals surface area (Å²) in [6.07, 6.45) is 5.98. The third-order valence-electron chi connectivity index (χ3n) is 4.14. The molecule has 19 heavy (non-hydrogen) atoms. The van der Waals surface area contributed by atoms with Gasteiger partial charge in [-0.15, -0.1) is 11.6 Å². The van der Waals surface area contributed by atoms with Crippen LogP contribution in [0.25, 0.3) is 11.2 Å². The number of rotatable bonds is 3. The molecule has 0 aliphatic heterocycles. The van der Waals surface area contributed by atoms with E-state index in [-0.39, 0.29) is 5.38 Å². The van der Waals surface area contributed by atoms with Crippen LogP contribution in [-0.4, -0.2) is 19.3 Å². The van der Waals surface area contributed by atoms with Crippen molar-refractivity contribution >= 4 is 22.8 Å². The molecule has 1 unspecified atom stereocenters. The van der Waals surface area contributed by atoms with Crippen molar-refractivity contribution in [3.8, 4) is 0 Å². The molecule has 2 aromatic heterocycles. The molecule has 4 nitrogen and oxygen atoms in total. The second kappa shape index (κ2) is 4.82. The molecule has 2 heterocycles. The van der Waals surface area contributed by atoms with Crippen molar-refractivity contribution in [3.63, 3.8) is 0 Å². The molecule has 5 heteroatoms. The number of fused-ring (bicyclic) bond motifs is 1. The van der Waals surface area contributed by atoms with Crippen LogP contribution in [0.1, 0.15) is 62.5 Å². The number of hydrogen-bond acceptors (Lipinski definition) is 2. The quantitative estimate of drug-likeness (QED) is 0.803. The van der Waals surface area contributed by atoms with Crippen LogP contribution in [0.5, 0.6) is 0 Å². The molecule has 1 aliphatic carbocycles. The SMILES string of the molecule is CCc1nn(C)c2c1nc(C(C)Cl)n2C1CCCC1. The maximum absolute atomic E-state index is 6.35. The summed E-state index contributed by atoms with van der Waals surface area (Å²) in [5, 5.41) is 4.53. The minimum Gasteiger partial charge on any atom is -0.309 e. The first-order chi connectivity index (χ1) is 9.13. The average molecular weight is 281 g/mol. The molecule has 0 amide bonds. The number of nitrogens with zero attached hydrogens (tertiary/aromatic N) is 4. The van der Waals surface area contributed by atoms with Gasteiger partial charge in [0, 0.05) is 13.1 Å².